The van der Waals surface area contributed by atoms with Crippen molar-refractivity contribution >= 4 is 0 Å². The van der Waals surface area contributed by atoms with E-state index in [1.165, 1.54) is 75.5 Å². The van der Waals surface area contributed by atoms with E-state index in [0.717, 1.165) is 0 Å². The Morgan fingerprint density at radius 3 is 1.61 bits per heavy atom. The van der Waals surface area contributed by atoms with E-state index in [4.69, 9.17) is 0 Å². The van der Waals surface area contributed by atoms with E-state index in [0.29, 0.717) is 0 Å². The molecule has 1 aromatic heterocycles. The Morgan fingerprint density at radius 1 is 0.607 bits per heavy atom. The Bertz CT molecular complexity index is 807. The van der Waals surface area contributed by atoms with Crippen LogP contribution in [0.25, 0.3) is 0 Å². The van der Waals surface area contributed by atoms with E-state index in [1.807, 2.05) is 6.20 Å². The van der Waals surface area contributed by atoms with Crippen molar-refractivity contribution in [2.24, 2.45) is 0 Å². The van der Waals surface area contributed by atoms with Gasteiger partial charge in [-0.15, -0.1) is 0 Å². The summed E-state index contributed by atoms with van der Waals surface area (Å²) in [5.74, 6) is 25.6. The molecule has 0 aliphatic heterocycles. The van der Waals surface area contributed by atoms with Crippen molar-refractivity contribution < 1.29 is 0 Å². The first-order chi connectivity index (χ1) is 13.9. The number of fused-ring (bicyclic) bond motifs is 1. The van der Waals surface area contributed by atoms with Gasteiger partial charge in [-0.05, 0) is 98.5 Å². The molecule has 1 aliphatic rings. The van der Waals surface area contributed by atoms with Crippen LogP contribution in [0.5, 0.6) is 0 Å². The van der Waals surface area contributed by atoms with Gasteiger partial charge in [-0.3, -0.25) is 4.98 Å². The molecule has 0 atom stereocenters. The molecule has 0 bridgehead atoms. The summed E-state index contributed by atoms with van der Waals surface area (Å²) in [4.78, 5) is 4.55. The van der Waals surface area contributed by atoms with Gasteiger partial charge in [-0.25, -0.2) is 0 Å². The van der Waals surface area contributed by atoms with Gasteiger partial charge in [0.15, 0.2) is 0 Å². The van der Waals surface area contributed by atoms with E-state index in [1.54, 1.807) is 13.8 Å². The lowest BCUT2D eigenvalue weighted by Crippen LogP contribution is -1.99. The predicted molar refractivity (Wildman–Crippen MR) is 119 cm³/mol. The molecule has 0 aromatic carbocycles. The first kappa shape index (κ1) is 23.0. The van der Waals surface area contributed by atoms with Gasteiger partial charge < -0.3 is 0 Å². The van der Waals surface area contributed by atoms with Crippen LogP contribution in [0.15, 0.2) is 18.3 Å². The van der Waals surface area contributed by atoms with Crippen LogP contribution in [0.2, 0.25) is 0 Å². The summed E-state index contributed by atoms with van der Waals surface area (Å²) in [7, 11) is 0. The second kappa shape index (κ2) is 17.4. The zero-order chi connectivity index (χ0) is 20.1. The number of aryl methyl sites for hydroxylation is 2. The molecule has 1 aromatic rings. The highest BCUT2D eigenvalue weighted by Gasteiger charge is 2.04. The first-order valence-corrected chi connectivity index (χ1v) is 10.1. The average molecular weight is 368 g/mol. The molecule has 1 heteroatoms. The fourth-order valence-corrected chi connectivity index (χ4v) is 2.91. The fourth-order valence-electron chi connectivity index (χ4n) is 2.91. The highest BCUT2D eigenvalue weighted by molar-refractivity contribution is 5.42. The van der Waals surface area contributed by atoms with E-state index in [-0.39, 0.29) is 0 Å². The highest BCUT2D eigenvalue weighted by Crippen LogP contribution is 2.17. The number of pyridine rings is 1. The number of rotatable bonds is 0. The summed E-state index contributed by atoms with van der Waals surface area (Å²) >= 11 is 0. The van der Waals surface area contributed by atoms with Crippen molar-refractivity contribution in [3.05, 3.63) is 29.6 Å². The highest BCUT2D eigenvalue weighted by atomic mass is 14.7. The van der Waals surface area contributed by atoms with Crippen molar-refractivity contribution in [3.8, 4) is 59.2 Å². The maximum absolute atomic E-state index is 4.55. The third kappa shape index (κ3) is 12.3. The molecule has 0 saturated carbocycles. The fraction of sp³-hybridized carbons (Fsp3) is 0.444. The molecule has 1 heterocycles. The Kier molecular flexibility index (Phi) is 14.3. The molecule has 0 saturated heterocycles. The molecular formula is C27H29N. The second-order valence-electron chi connectivity index (χ2n) is 6.44. The molecule has 0 unspecified atom stereocenters. The number of nitrogens with zero attached hydrogens (tertiary/aromatic N) is 1. The molecule has 1 nitrogen and oxygen atoms in total. The minimum absolute atomic E-state index is 1.19. The minimum atomic E-state index is 1.19. The van der Waals surface area contributed by atoms with Gasteiger partial charge >= 0.3 is 0 Å². The van der Waals surface area contributed by atoms with Gasteiger partial charge in [0.1, 0.15) is 0 Å². The van der Waals surface area contributed by atoms with Crippen LogP contribution in [0, 0.1) is 59.2 Å². The van der Waals surface area contributed by atoms with Gasteiger partial charge in [0.2, 0.25) is 0 Å². The molecule has 2 rings (SSSR count). The lowest BCUT2D eigenvalue weighted by Gasteiger charge is -2.10. The lowest BCUT2D eigenvalue weighted by atomic mass is 9.98. The molecule has 28 heavy (non-hydrogen) atoms. The van der Waals surface area contributed by atoms with E-state index >= 15 is 0 Å². The van der Waals surface area contributed by atoms with Crippen LogP contribution in [0.3, 0.4) is 0 Å². The van der Waals surface area contributed by atoms with Gasteiger partial charge in [-0.2, -0.15) is 0 Å². The summed E-state index contributed by atoms with van der Waals surface area (Å²) in [6.07, 6.45) is 15.6. The Hall–Kier alpha value is -3.05. The standard InChI is InChI=1S/C15H23N.C12H6/c1-2-4-6-8-12-15-14(10-7-5-3-1)11-9-13-16-15;1-3-5-7-9-11-12-10-8-6-4-2/h9,11,13H,1-8,10,12H2;1-2H3. The normalized spacial score (nSPS) is 12.6. The van der Waals surface area contributed by atoms with Crippen molar-refractivity contribution in [2.75, 3.05) is 0 Å². The second-order valence-corrected chi connectivity index (χ2v) is 6.44. The first-order valence-electron chi connectivity index (χ1n) is 10.1. The SMILES string of the molecule is CC#CC#CC#CC#CC#CC.c1cnc2c(c1)CCCCCCCCCC2. The largest absolute Gasteiger partial charge is 0.261 e. The van der Waals surface area contributed by atoms with Crippen molar-refractivity contribution in [1.82, 2.24) is 4.98 Å². The molecule has 0 spiro atoms. The summed E-state index contributed by atoms with van der Waals surface area (Å²) < 4.78 is 0. The molecule has 0 N–H and O–H groups in total. The van der Waals surface area contributed by atoms with Gasteiger partial charge in [0.05, 0.1) is 0 Å². The van der Waals surface area contributed by atoms with Crippen LogP contribution in [-0.4, -0.2) is 4.98 Å². The Balaban J connectivity index is 0.000000295. The molecular weight excluding hydrogens is 338 g/mol. The topological polar surface area (TPSA) is 12.9 Å². The maximum atomic E-state index is 4.55. The minimum Gasteiger partial charge on any atom is -0.261 e. The maximum Gasteiger partial charge on any atom is 0.0435 e. The Labute approximate surface area is 172 Å². The van der Waals surface area contributed by atoms with Crippen LogP contribution in [0.4, 0.5) is 0 Å². The average Bonchev–Trinajstić information content (AvgIpc) is 2.71. The van der Waals surface area contributed by atoms with Crippen LogP contribution in [0.1, 0.15) is 76.5 Å². The van der Waals surface area contributed by atoms with Gasteiger partial charge in [0, 0.05) is 11.9 Å². The number of aromatic nitrogens is 1. The molecule has 142 valence electrons. The molecule has 1 aliphatic carbocycles. The van der Waals surface area contributed by atoms with Crippen molar-refractivity contribution in [2.45, 2.75) is 78.1 Å². The van der Waals surface area contributed by atoms with Crippen molar-refractivity contribution in [3.63, 3.8) is 0 Å². The number of hydrogen-bond donors (Lipinski definition) is 0. The third-order valence-electron chi connectivity index (χ3n) is 4.28. The van der Waals surface area contributed by atoms with Gasteiger partial charge in [0.25, 0.3) is 0 Å². The van der Waals surface area contributed by atoms with Crippen molar-refractivity contribution in [1.29, 1.82) is 0 Å². The molecule has 0 fully saturated rings. The van der Waals surface area contributed by atoms with Crippen LogP contribution in [-0.2, 0) is 12.8 Å². The van der Waals surface area contributed by atoms with E-state index in [9.17, 15) is 0 Å². The zero-order valence-electron chi connectivity index (χ0n) is 17.3. The summed E-state index contributed by atoms with van der Waals surface area (Å²) in [5.41, 5.74) is 2.87. The van der Waals surface area contributed by atoms with E-state index < -0.39 is 0 Å². The third-order valence-corrected chi connectivity index (χ3v) is 4.28. The smallest absolute Gasteiger partial charge is 0.0435 e. The van der Waals surface area contributed by atoms with Crippen LogP contribution >= 0.6 is 0 Å². The lowest BCUT2D eigenvalue weighted by molar-refractivity contribution is 0.557. The zero-order valence-corrected chi connectivity index (χ0v) is 17.3. The molecule has 0 radical (unpaired) electrons. The van der Waals surface area contributed by atoms with Gasteiger partial charge in [-0.1, -0.05) is 56.4 Å². The van der Waals surface area contributed by atoms with Crippen LogP contribution < -0.4 is 0 Å². The summed E-state index contributed by atoms with van der Waals surface area (Å²) in [5, 5.41) is 0. The quantitative estimate of drug-likeness (QED) is 0.564. The Morgan fingerprint density at radius 2 is 1.07 bits per heavy atom. The summed E-state index contributed by atoms with van der Waals surface area (Å²) in [6, 6.07) is 4.36. The monoisotopic (exact) mass is 367 g/mol. The molecule has 0 amide bonds. The summed E-state index contributed by atoms with van der Waals surface area (Å²) in [6.45, 7) is 3.44. The number of hydrogen-bond acceptors (Lipinski definition) is 1. The van der Waals surface area contributed by atoms with E-state index in [2.05, 4.69) is 76.3 Å². The predicted octanol–water partition coefficient (Wildman–Crippen LogP) is 5.34.